The number of carbonyl (C=O) groups excluding carboxylic acids is 1. The number of hydrogen-bond acceptors (Lipinski definition) is 3. The van der Waals surface area contributed by atoms with Gasteiger partial charge in [-0.2, -0.15) is 10.2 Å². The Morgan fingerprint density at radius 1 is 1.30 bits per heavy atom. The number of rotatable bonds is 4. The van der Waals surface area contributed by atoms with E-state index >= 15 is 0 Å². The van der Waals surface area contributed by atoms with Gasteiger partial charge in [0.1, 0.15) is 5.69 Å². The van der Waals surface area contributed by atoms with E-state index in [1.54, 1.807) is 41.0 Å². The van der Waals surface area contributed by atoms with Crippen molar-refractivity contribution in [3.8, 4) is 11.3 Å². The molecule has 7 heteroatoms. The molecule has 2 aromatic heterocycles. The molecule has 0 saturated carbocycles. The predicted molar refractivity (Wildman–Crippen MR) is 88.0 cm³/mol. The van der Waals surface area contributed by atoms with Crippen molar-refractivity contribution < 1.29 is 4.79 Å². The van der Waals surface area contributed by atoms with Gasteiger partial charge in [-0.3, -0.25) is 14.6 Å². The Bertz CT molecular complexity index is 821. The zero-order valence-electron chi connectivity index (χ0n) is 12.8. The third-order valence-electron chi connectivity index (χ3n) is 3.62. The van der Waals surface area contributed by atoms with E-state index in [4.69, 9.17) is 11.6 Å². The van der Waals surface area contributed by atoms with E-state index < -0.39 is 0 Å². The molecule has 2 heterocycles. The summed E-state index contributed by atoms with van der Waals surface area (Å²) >= 11 is 5.88. The molecule has 1 amide bonds. The molecule has 0 bridgehead atoms. The van der Waals surface area contributed by atoms with E-state index in [0.717, 1.165) is 11.3 Å². The number of nitrogens with zero attached hydrogens (tertiary/aromatic N) is 4. The first kappa shape index (κ1) is 15.3. The first-order valence-electron chi connectivity index (χ1n) is 7.08. The molecular formula is C16H16ClN5O. The molecule has 3 rings (SSSR count). The Hall–Kier alpha value is -2.60. The van der Waals surface area contributed by atoms with Crippen molar-refractivity contribution in [3.05, 3.63) is 59.0 Å². The standard InChI is InChI=1S/C16H16ClN5O/c1-21(10-13-7-8-18-22(13)2)16(23)15-9-14(19-20-15)11-3-5-12(17)6-4-11/h3-9H,10H2,1-2H3,(H,19,20). The largest absolute Gasteiger partial charge is 0.335 e. The van der Waals surface area contributed by atoms with Crippen molar-refractivity contribution in [1.82, 2.24) is 24.9 Å². The third kappa shape index (κ3) is 3.27. The number of benzene rings is 1. The zero-order valence-corrected chi connectivity index (χ0v) is 13.6. The number of halogens is 1. The summed E-state index contributed by atoms with van der Waals surface area (Å²) in [7, 11) is 3.60. The van der Waals surface area contributed by atoms with Crippen LogP contribution in [0.2, 0.25) is 5.02 Å². The van der Waals surface area contributed by atoms with Gasteiger partial charge in [-0.25, -0.2) is 0 Å². The highest BCUT2D eigenvalue weighted by molar-refractivity contribution is 6.30. The van der Waals surface area contributed by atoms with Crippen LogP contribution in [0.1, 0.15) is 16.2 Å². The van der Waals surface area contributed by atoms with Gasteiger partial charge >= 0.3 is 0 Å². The van der Waals surface area contributed by atoms with Crippen molar-refractivity contribution in [2.24, 2.45) is 7.05 Å². The van der Waals surface area contributed by atoms with Crippen LogP contribution in [0.3, 0.4) is 0 Å². The Balaban J connectivity index is 1.75. The van der Waals surface area contributed by atoms with Gasteiger partial charge in [0.15, 0.2) is 0 Å². The van der Waals surface area contributed by atoms with Crippen LogP contribution in [0, 0.1) is 0 Å². The number of aromatic nitrogens is 4. The van der Waals surface area contributed by atoms with Gasteiger partial charge < -0.3 is 4.90 Å². The highest BCUT2D eigenvalue weighted by Crippen LogP contribution is 2.20. The van der Waals surface area contributed by atoms with Crippen LogP contribution in [0.4, 0.5) is 0 Å². The molecular weight excluding hydrogens is 314 g/mol. The van der Waals surface area contributed by atoms with Gasteiger partial charge in [0, 0.05) is 30.9 Å². The maximum absolute atomic E-state index is 12.5. The van der Waals surface area contributed by atoms with E-state index in [1.807, 2.05) is 25.2 Å². The molecule has 0 aliphatic rings. The summed E-state index contributed by atoms with van der Waals surface area (Å²) in [6, 6.07) is 10.9. The molecule has 0 unspecified atom stereocenters. The predicted octanol–water partition coefficient (Wildman–Crippen LogP) is 2.74. The maximum Gasteiger partial charge on any atom is 0.271 e. The summed E-state index contributed by atoms with van der Waals surface area (Å²) in [5.41, 5.74) is 3.01. The van der Waals surface area contributed by atoms with E-state index in [0.29, 0.717) is 23.0 Å². The highest BCUT2D eigenvalue weighted by Gasteiger charge is 2.16. The molecule has 1 N–H and O–H groups in total. The van der Waals surface area contributed by atoms with Gasteiger partial charge in [0.05, 0.1) is 17.9 Å². The molecule has 118 valence electrons. The second-order valence-corrected chi connectivity index (χ2v) is 5.72. The second kappa shape index (κ2) is 6.26. The van der Waals surface area contributed by atoms with Gasteiger partial charge in [0.2, 0.25) is 0 Å². The summed E-state index contributed by atoms with van der Waals surface area (Å²) in [4.78, 5) is 14.1. The van der Waals surface area contributed by atoms with Crippen LogP contribution in [0.15, 0.2) is 42.6 Å². The lowest BCUT2D eigenvalue weighted by atomic mass is 10.1. The number of hydrogen-bond donors (Lipinski definition) is 1. The fourth-order valence-corrected chi connectivity index (χ4v) is 2.40. The minimum Gasteiger partial charge on any atom is -0.335 e. The molecule has 0 spiro atoms. The molecule has 0 radical (unpaired) electrons. The van der Waals surface area contributed by atoms with Crippen LogP contribution < -0.4 is 0 Å². The lowest BCUT2D eigenvalue weighted by Crippen LogP contribution is -2.27. The number of H-pyrrole nitrogens is 1. The third-order valence-corrected chi connectivity index (χ3v) is 3.87. The number of nitrogens with one attached hydrogen (secondary N) is 1. The Morgan fingerprint density at radius 2 is 2.04 bits per heavy atom. The number of amides is 1. The summed E-state index contributed by atoms with van der Waals surface area (Å²) in [6.07, 6.45) is 1.71. The van der Waals surface area contributed by atoms with E-state index in [2.05, 4.69) is 15.3 Å². The quantitative estimate of drug-likeness (QED) is 0.800. The van der Waals surface area contributed by atoms with Gasteiger partial charge in [-0.1, -0.05) is 23.7 Å². The average molecular weight is 330 g/mol. The van der Waals surface area contributed by atoms with Crippen LogP contribution in [-0.2, 0) is 13.6 Å². The lowest BCUT2D eigenvalue weighted by Gasteiger charge is -2.15. The highest BCUT2D eigenvalue weighted by atomic mass is 35.5. The van der Waals surface area contributed by atoms with Crippen molar-refractivity contribution >= 4 is 17.5 Å². The number of aryl methyl sites for hydroxylation is 1. The summed E-state index contributed by atoms with van der Waals surface area (Å²) in [5, 5.41) is 11.8. The zero-order chi connectivity index (χ0) is 16.4. The SMILES string of the molecule is CN(Cc1ccnn1C)C(=O)c1cc(-c2ccc(Cl)cc2)n[nH]1. The lowest BCUT2D eigenvalue weighted by molar-refractivity contribution is 0.0776. The van der Waals surface area contributed by atoms with Gasteiger partial charge in [-0.05, 0) is 24.3 Å². The summed E-state index contributed by atoms with van der Waals surface area (Å²) in [5.74, 6) is -0.126. The molecule has 0 aliphatic carbocycles. The van der Waals surface area contributed by atoms with Crippen molar-refractivity contribution in [2.45, 2.75) is 6.54 Å². The molecule has 0 fully saturated rings. The molecule has 23 heavy (non-hydrogen) atoms. The van der Waals surface area contributed by atoms with Gasteiger partial charge in [-0.15, -0.1) is 0 Å². The molecule has 0 saturated heterocycles. The fraction of sp³-hybridized carbons (Fsp3) is 0.188. The molecule has 6 nitrogen and oxygen atoms in total. The van der Waals surface area contributed by atoms with Gasteiger partial charge in [0.25, 0.3) is 5.91 Å². The first-order valence-corrected chi connectivity index (χ1v) is 7.46. The molecule has 0 aliphatic heterocycles. The number of aromatic amines is 1. The molecule has 3 aromatic rings. The van der Waals surface area contributed by atoms with Crippen LogP contribution in [-0.4, -0.2) is 37.8 Å². The average Bonchev–Trinajstić information content (AvgIpc) is 3.17. The second-order valence-electron chi connectivity index (χ2n) is 5.28. The molecule has 0 atom stereocenters. The normalized spacial score (nSPS) is 10.7. The first-order chi connectivity index (χ1) is 11.0. The summed E-state index contributed by atoms with van der Waals surface area (Å²) in [6.45, 7) is 0.477. The Labute approximate surface area is 138 Å². The van der Waals surface area contributed by atoms with Crippen molar-refractivity contribution in [3.63, 3.8) is 0 Å². The summed E-state index contributed by atoms with van der Waals surface area (Å²) < 4.78 is 1.75. The Kier molecular flexibility index (Phi) is 4.16. The van der Waals surface area contributed by atoms with Crippen molar-refractivity contribution in [2.75, 3.05) is 7.05 Å². The van der Waals surface area contributed by atoms with Crippen LogP contribution in [0.25, 0.3) is 11.3 Å². The number of carbonyl (C=O) groups is 1. The molecule has 1 aromatic carbocycles. The van der Waals surface area contributed by atoms with E-state index in [9.17, 15) is 4.79 Å². The van der Waals surface area contributed by atoms with Crippen molar-refractivity contribution in [1.29, 1.82) is 0 Å². The van der Waals surface area contributed by atoms with Crippen LogP contribution in [0.5, 0.6) is 0 Å². The topological polar surface area (TPSA) is 66.8 Å². The fourth-order valence-electron chi connectivity index (χ4n) is 2.28. The Morgan fingerprint density at radius 3 is 2.70 bits per heavy atom. The van der Waals surface area contributed by atoms with E-state index in [-0.39, 0.29) is 5.91 Å². The minimum atomic E-state index is -0.126. The minimum absolute atomic E-state index is 0.126. The smallest absolute Gasteiger partial charge is 0.271 e. The monoisotopic (exact) mass is 329 g/mol. The van der Waals surface area contributed by atoms with E-state index in [1.165, 1.54) is 0 Å². The van der Waals surface area contributed by atoms with Crippen LogP contribution >= 0.6 is 11.6 Å². The maximum atomic E-state index is 12.5.